The minimum absolute atomic E-state index is 0.0568. The van der Waals surface area contributed by atoms with Crippen molar-refractivity contribution in [2.24, 2.45) is 0 Å². The number of anilines is 1. The summed E-state index contributed by atoms with van der Waals surface area (Å²) in [7, 11) is 2.15. The van der Waals surface area contributed by atoms with Crippen molar-refractivity contribution >= 4 is 17.4 Å². The van der Waals surface area contributed by atoms with Crippen LogP contribution in [0.1, 0.15) is 52.7 Å². The average Bonchev–Trinajstić information content (AvgIpc) is 2.81. The van der Waals surface area contributed by atoms with E-state index in [9.17, 15) is 9.59 Å². The Morgan fingerprint density at radius 3 is 2.45 bits per heavy atom. The molecule has 1 aliphatic heterocycles. The predicted molar refractivity (Wildman–Crippen MR) is 125 cm³/mol. The van der Waals surface area contributed by atoms with Crippen molar-refractivity contribution in [2.75, 3.05) is 38.1 Å². The largest absolute Gasteiger partial charge is 0.369 e. The van der Waals surface area contributed by atoms with Crippen LogP contribution in [0.2, 0.25) is 0 Å². The number of para-hydroxylation sites is 1. The van der Waals surface area contributed by atoms with E-state index in [1.165, 1.54) is 29.7 Å². The van der Waals surface area contributed by atoms with Crippen LogP contribution in [0.4, 0.5) is 5.69 Å². The van der Waals surface area contributed by atoms with Gasteiger partial charge < -0.3 is 15.1 Å². The Morgan fingerprint density at radius 2 is 1.65 bits per heavy atom. The Hall–Kier alpha value is -2.66. The second-order valence-electron chi connectivity index (χ2n) is 8.81. The lowest BCUT2D eigenvalue weighted by atomic mass is 9.89. The van der Waals surface area contributed by atoms with E-state index in [2.05, 4.69) is 46.4 Å². The summed E-state index contributed by atoms with van der Waals surface area (Å²) in [5.41, 5.74) is 5.75. The Kier molecular flexibility index (Phi) is 7.03. The van der Waals surface area contributed by atoms with Gasteiger partial charge in [-0.2, -0.15) is 0 Å². The van der Waals surface area contributed by atoms with Crippen molar-refractivity contribution in [2.45, 2.75) is 45.1 Å². The minimum Gasteiger partial charge on any atom is -0.369 e. The molecule has 0 radical (unpaired) electrons. The second kappa shape index (κ2) is 10.1. The van der Waals surface area contributed by atoms with Gasteiger partial charge in [0.2, 0.25) is 5.91 Å². The molecule has 5 nitrogen and oxygen atoms in total. The summed E-state index contributed by atoms with van der Waals surface area (Å²) < 4.78 is 0. The number of rotatable bonds is 7. The van der Waals surface area contributed by atoms with E-state index in [0.29, 0.717) is 6.54 Å². The van der Waals surface area contributed by atoms with Gasteiger partial charge in [0.1, 0.15) is 0 Å². The first-order valence-electron chi connectivity index (χ1n) is 11.5. The molecular weight excluding hydrogens is 386 g/mol. The van der Waals surface area contributed by atoms with Crippen LogP contribution < -0.4 is 10.2 Å². The number of benzene rings is 2. The van der Waals surface area contributed by atoms with Crippen molar-refractivity contribution in [3.05, 3.63) is 64.7 Å². The quantitative estimate of drug-likeness (QED) is 0.697. The molecule has 0 spiro atoms. The Balaban J connectivity index is 1.28. The van der Waals surface area contributed by atoms with E-state index < -0.39 is 0 Å². The van der Waals surface area contributed by atoms with Crippen LogP contribution in [-0.2, 0) is 24.2 Å². The molecule has 164 valence electrons. The van der Waals surface area contributed by atoms with Crippen LogP contribution in [0, 0.1) is 0 Å². The third kappa shape index (κ3) is 5.53. The predicted octanol–water partition coefficient (Wildman–Crippen LogP) is 3.60. The first-order chi connectivity index (χ1) is 15.1. The molecule has 1 N–H and O–H groups in total. The summed E-state index contributed by atoms with van der Waals surface area (Å²) in [6.07, 6.45) is 5.09. The maximum absolute atomic E-state index is 12.6. The normalized spacial score (nSPS) is 16.6. The molecule has 0 aromatic heterocycles. The highest BCUT2D eigenvalue weighted by molar-refractivity contribution is 5.98. The number of amides is 1. The Bertz CT molecular complexity index is 932. The molecule has 1 saturated heterocycles. The summed E-state index contributed by atoms with van der Waals surface area (Å²) in [6.45, 7) is 4.58. The fraction of sp³-hybridized carbons (Fsp3) is 0.462. The first kappa shape index (κ1) is 21.6. The molecule has 31 heavy (non-hydrogen) atoms. The number of carbonyl (C=O) groups excluding carboxylic acids is 2. The van der Waals surface area contributed by atoms with Gasteiger partial charge in [-0.05, 0) is 61.6 Å². The van der Waals surface area contributed by atoms with Gasteiger partial charge >= 0.3 is 0 Å². The molecular formula is C26H33N3O2. The summed E-state index contributed by atoms with van der Waals surface area (Å²) in [6, 6.07) is 14.3. The molecule has 5 heteroatoms. The number of aryl methyl sites for hydroxylation is 2. The van der Waals surface area contributed by atoms with E-state index in [0.717, 1.165) is 50.1 Å². The zero-order valence-corrected chi connectivity index (χ0v) is 18.5. The number of likely N-dealkylation sites (N-methyl/N-ethyl adjacent to an activating group) is 1. The molecule has 2 aromatic carbocycles. The molecule has 0 saturated carbocycles. The van der Waals surface area contributed by atoms with Crippen LogP contribution >= 0.6 is 0 Å². The molecule has 4 rings (SSSR count). The van der Waals surface area contributed by atoms with Crippen LogP contribution in [0.5, 0.6) is 0 Å². The molecule has 1 aliphatic carbocycles. The number of hydrogen-bond donors (Lipinski definition) is 1. The first-order valence-corrected chi connectivity index (χ1v) is 11.5. The molecule has 2 aromatic rings. The third-order valence-corrected chi connectivity index (χ3v) is 6.56. The van der Waals surface area contributed by atoms with Gasteiger partial charge in [0.25, 0.3) is 0 Å². The SMILES string of the molecule is CN1CCN(c2ccccc2CNC(=O)CCC(=O)c2ccc3c(c2)CCCC3)CC1. The lowest BCUT2D eigenvalue weighted by Crippen LogP contribution is -2.45. The van der Waals surface area contributed by atoms with Crippen molar-refractivity contribution in [1.82, 2.24) is 10.2 Å². The number of fused-ring (bicyclic) bond motifs is 1. The number of hydrogen-bond acceptors (Lipinski definition) is 4. The highest BCUT2D eigenvalue weighted by Gasteiger charge is 2.17. The van der Waals surface area contributed by atoms with E-state index in [4.69, 9.17) is 0 Å². The summed E-state index contributed by atoms with van der Waals surface area (Å²) >= 11 is 0. The molecule has 0 bridgehead atoms. The number of Topliss-reactive ketones (excluding diaryl/α,β-unsaturated/α-hetero) is 1. The summed E-state index contributed by atoms with van der Waals surface area (Å²) in [4.78, 5) is 29.8. The van der Waals surface area contributed by atoms with E-state index in [-0.39, 0.29) is 24.5 Å². The van der Waals surface area contributed by atoms with Crippen molar-refractivity contribution in [3.8, 4) is 0 Å². The maximum atomic E-state index is 12.6. The Labute approximate surface area is 185 Å². The zero-order chi connectivity index (χ0) is 21.6. The molecule has 1 fully saturated rings. The smallest absolute Gasteiger partial charge is 0.220 e. The highest BCUT2D eigenvalue weighted by Crippen LogP contribution is 2.23. The van der Waals surface area contributed by atoms with Crippen LogP contribution in [0.25, 0.3) is 0 Å². The number of nitrogens with one attached hydrogen (secondary N) is 1. The number of carbonyl (C=O) groups is 2. The lowest BCUT2D eigenvalue weighted by Gasteiger charge is -2.35. The number of nitrogens with zero attached hydrogens (tertiary/aromatic N) is 2. The van der Waals surface area contributed by atoms with E-state index in [1.807, 2.05) is 18.2 Å². The Morgan fingerprint density at radius 1 is 0.903 bits per heavy atom. The van der Waals surface area contributed by atoms with Crippen molar-refractivity contribution in [1.29, 1.82) is 0 Å². The fourth-order valence-electron chi connectivity index (χ4n) is 4.58. The van der Waals surface area contributed by atoms with E-state index in [1.54, 1.807) is 0 Å². The number of ketones is 1. The van der Waals surface area contributed by atoms with Gasteiger partial charge in [0.05, 0.1) is 0 Å². The van der Waals surface area contributed by atoms with Gasteiger partial charge in [0.15, 0.2) is 5.78 Å². The second-order valence-corrected chi connectivity index (χ2v) is 8.81. The van der Waals surface area contributed by atoms with Gasteiger partial charge in [-0.25, -0.2) is 0 Å². The standard InChI is InChI=1S/C26H33N3O2/c1-28-14-16-29(17-15-28)24-9-5-4-8-23(24)19-27-26(31)13-12-25(30)22-11-10-20-6-2-3-7-21(20)18-22/h4-5,8-11,18H,2-3,6-7,12-17,19H2,1H3,(H,27,31). The van der Waals surface area contributed by atoms with Crippen LogP contribution in [0.3, 0.4) is 0 Å². The molecule has 0 atom stereocenters. The minimum atomic E-state index is -0.0699. The van der Waals surface area contributed by atoms with E-state index >= 15 is 0 Å². The van der Waals surface area contributed by atoms with Gasteiger partial charge in [-0.1, -0.05) is 30.3 Å². The molecule has 1 heterocycles. The average molecular weight is 420 g/mol. The van der Waals surface area contributed by atoms with Gasteiger partial charge in [0, 0.05) is 56.8 Å². The zero-order valence-electron chi connectivity index (χ0n) is 18.5. The van der Waals surface area contributed by atoms with Crippen LogP contribution in [0.15, 0.2) is 42.5 Å². The van der Waals surface area contributed by atoms with Crippen molar-refractivity contribution < 1.29 is 9.59 Å². The third-order valence-electron chi connectivity index (χ3n) is 6.56. The van der Waals surface area contributed by atoms with Crippen LogP contribution in [-0.4, -0.2) is 49.8 Å². The van der Waals surface area contributed by atoms with Gasteiger partial charge in [-0.3, -0.25) is 9.59 Å². The fourth-order valence-corrected chi connectivity index (χ4v) is 4.58. The molecule has 1 amide bonds. The summed E-state index contributed by atoms with van der Waals surface area (Å²) in [5, 5.41) is 3.02. The monoisotopic (exact) mass is 419 g/mol. The molecule has 0 unspecified atom stereocenters. The number of piperazine rings is 1. The molecule has 2 aliphatic rings. The van der Waals surface area contributed by atoms with Gasteiger partial charge in [-0.15, -0.1) is 0 Å². The maximum Gasteiger partial charge on any atom is 0.220 e. The highest BCUT2D eigenvalue weighted by atomic mass is 16.2. The lowest BCUT2D eigenvalue weighted by molar-refractivity contribution is -0.121. The summed E-state index contributed by atoms with van der Waals surface area (Å²) in [5.74, 6) is -0.0131. The van der Waals surface area contributed by atoms with Crippen molar-refractivity contribution in [3.63, 3.8) is 0 Å². The topological polar surface area (TPSA) is 52.6 Å².